The average Bonchev–Trinajstić information content (AvgIpc) is 2.71. The van der Waals surface area contributed by atoms with Gasteiger partial charge < -0.3 is 9.64 Å². The topological polar surface area (TPSA) is 50.3 Å². The van der Waals surface area contributed by atoms with Crippen LogP contribution in [0.2, 0.25) is 0 Å². The molecule has 0 spiro atoms. The van der Waals surface area contributed by atoms with Crippen LogP contribution in [0, 0.1) is 20.1 Å². The molecule has 0 radical (unpaired) electrons. The van der Waals surface area contributed by atoms with Crippen molar-refractivity contribution < 1.29 is 9.53 Å². The van der Waals surface area contributed by atoms with Gasteiger partial charge in [-0.3, -0.25) is 5.32 Å². The van der Waals surface area contributed by atoms with Crippen molar-refractivity contribution >= 4 is 23.5 Å². The van der Waals surface area contributed by atoms with E-state index in [-0.39, 0.29) is 12.4 Å². The number of rotatable bonds is 7. The second kappa shape index (κ2) is 10.4. The van der Waals surface area contributed by atoms with Crippen molar-refractivity contribution in [3.8, 4) is 0 Å². The molecule has 142 valence electrons. The SMILES string of the molecule is [C-]#[N+]C(=Cc1ccc(N(CC)CCOC(=O)Nc2ccccc2)cc1C)[N+]#[C-]. The number of ether oxygens (including phenoxy) is 1. The van der Waals surface area contributed by atoms with Gasteiger partial charge in [0.2, 0.25) is 0 Å². The molecule has 6 nitrogen and oxygen atoms in total. The quantitative estimate of drug-likeness (QED) is 0.677. The minimum absolute atomic E-state index is 0.0426. The standard InChI is InChI=1S/C22H22N4O2/c1-5-26(13-14-28-22(27)25-19-9-7-6-8-10-19)20-12-11-18(17(2)15-20)16-21(23-3)24-4/h6-12,15-16H,5,13-14H2,1-2H3,(H,25,27). The second-order valence-electron chi connectivity index (χ2n) is 5.97. The van der Waals surface area contributed by atoms with E-state index >= 15 is 0 Å². The molecule has 0 saturated heterocycles. The van der Waals surface area contributed by atoms with Gasteiger partial charge in [0, 0.05) is 24.0 Å². The van der Waals surface area contributed by atoms with Gasteiger partial charge in [0.25, 0.3) is 0 Å². The van der Waals surface area contributed by atoms with Gasteiger partial charge in [0.15, 0.2) is 0 Å². The first-order chi connectivity index (χ1) is 13.6. The summed E-state index contributed by atoms with van der Waals surface area (Å²) >= 11 is 0. The zero-order valence-corrected chi connectivity index (χ0v) is 16.0. The molecular weight excluding hydrogens is 352 g/mol. The molecule has 1 N–H and O–H groups in total. The lowest BCUT2D eigenvalue weighted by molar-refractivity contribution is 0.164. The number of anilines is 2. The Balaban J connectivity index is 1.95. The van der Waals surface area contributed by atoms with Crippen LogP contribution >= 0.6 is 0 Å². The van der Waals surface area contributed by atoms with Crippen LogP contribution in [0.15, 0.2) is 54.4 Å². The van der Waals surface area contributed by atoms with Gasteiger partial charge in [0.1, 0.15) is 19.8 Å². The fraction of sp³-hybridized carbons (Fsp3) is 0.227. The Hall–Kier alpha value is -3.77. The van der Waals surface area contributed by atoms with E-state index in [4.69, 9.17) is 17.9 Å². The molecule has 0 aliphatic carbocycles. The van der Waals surface area contributed by atoms with Crippen molar-refractivity contribution in [2.45, 2.75) is 13.8 Å². The van der Waals surface area contributed by atoms with Crippen molar-refractivity contribution in [1.29, 1.82) is 0 Å². The van der Waals surface area contributed by atoms with Crippen molar-refractivity contribution in [2.24, 2.45) is 0 Å². The summed E-state index contributed by atoms with van der Waals surface area (Å²) in [6, 6.07) is 15.0. The molecule has 0 aromatic heterocycles. The van der Waals surface area contributed by atoms with Crippen LogP contribution in [0.25, 0.3) is 15.8 Å². The normalized spacial score (nSPS) is 9.57. The van der Waals surface area contributed by atoms with Crippen LogP contribution < -0.4 is 10.2 Å². The van der Waals surface area contributed by atoms with E-state index in [0.717, 1.165) is 23.4 Å². The highest BCUT2D eigenvalue weighted by molar-refractivity contribution is 5.84. The first kappa shape index (κ1) is 20.5. The summed E-state index contributed by atoms with van der Waals surface area (Å²) in [7, 11) is 0. The average molecular weight is 374 g/mol. The predicted molar refractivity (Wildman–Crippen MR) is 112 cm³/mol. The number of nitrogens with one attached hydrogen (secondary N) is 1. The number of carbonyl (C=O) groups is 1. The summed E-state index contributed by atoms with van der Waals surface area (Å²) in [6.45, 7) is 19.5. The fourth-order valence-corrected chi connectivity index (χ4v) is 2.64. The van der Waals surface area contributed by atoms with E-state index in [0.29, 0.717) is 12.2 Å². The smallest absolute Gasteiger partial charge is 0.447 e. The Morgan fingerprint density at radius 2 is 1.89 bits per heavy atom. The van der Waals surface area contributed by atoms with Crippen LogP contribution in [-0.2, 0) is 4.74 Å². The summed E-state index contributed by atoms with van der Waals surface area (Å²) in [5.74, 6) is 0.0426. The number of para-hydroxylation sites is 1. The van der Waals surface area contributed by atoms with Gasteiger partial charge in [-0.25, -0.2) is 4.79 Å². The molecule has 0 atom stereocenters. The summed E-state index contributed by atoms with van der Waals surface area (Å²) in [5, 5.41) is 2.68. The molecule has 0 fully saturated rings. The minimum atomic E-state index is -0.482. The number of benzene rings is 2. The Morgan fingerprint density at radius 3 is 2.50 bits per heavy atom. The molecule has 0 bridgehead atoms. The van der Waals surface area contributed by atoms with Gasteiger partial charge in [-0.05, 0) is 49.2 Å². The van der Waals surface area contributed by atoms with E-state index in [1.54, 1.807) is 18.2 Å². The van der Waals surface area contributed by atoms with E-state index < -0.39 is 6.09 Å². The zero-order valence-electron chi connectivity index (χ0n) is 16.0. The Morgan fingerprint density at radius 1 is 1.18 bits per heavy atom. The minimum Gasteiger partial charge on any atom is -0.447 e. The number of nitrogens with zero attached hydrogens (tertiary/aromatic N) is 3. The molecule has 0 heterocycles. The third kappa shape index (κ3) is 5.89. The highest BCUT2D eigenvalue weighted by Gasteiger charge is 2.10. The van der Waals surface area contributed by atoms with Gasteiger partial charge >= 0.3 is 11.9 Å². The fourth-order valence-electron chi connectivity index (χ4n) is 2.64. The summed E-state index contributed by atoms with van der Waals surface area (Å²) in [4.78, 5) is 20.4. The van der Waals surface area contributed by atoms with E-state index in [9.17, 15) is 4.79 Å². The number of likely N-dealkylation sites (N-methyl/N-ethyl adjacent to an activating group) is 1. The summed E-state index contributed by atoms with van der Waals surface area (Å²) < 4.78 is 5.27. The maximum Gasteiger partial charge on any atom is 0.519 e. The van der Waals surface area contributed by atoms with Crippen molar-refractivity contribution in [3.05, 3.63) is 88.3 Å². The maximum absolute atomic E-state index is 11.9. The second-order valence-corrected chi connectivity index (χ2v) is 5.97. The monoisotopic (exact) mass is 374 g/mol. The zero-order chi connectivity index (χ0) is 20.4. The molecule has 0 unspecified atom stereocenters. The molecule has 0 aliphatic rings. The third-order valence-electron chi connectivity index (χ3n) is 4.13. The molecule has 6 heteroatoms. The largest absolute Gasteiger partial charge is 0.519 e. The lowest BCUT2D eigenvalue weighted by Crippen LogP contribution is -2.29. The number of carbonyl (C=O) groups excluding carboxylic acids is 1. The van der Waals surface area contributed by atoms with Gasteiger partial charge in [-0.15, -0.1) is 0 Å². The first-order valence-electron chi connectivity index (χ1n) is 8.88. The molecule has 0 saturated carbocycles. The molecule has 2 aromatic carbocycles. The molecule has 2 rings (SSSR count). The number of hydrogen-bond acceptors (Lipinski definition) is 3. The van der Waals surface area contributed by atoms with Crippen LogP contribution in [0.4, 0.5) is 16.2 Å². The van der Waals surface area contributed by atoms with Gasteiger partial charge in [-0.1, -0.05) is 24.3 Å². The van der Waals surface area contributed by atoms with Crippen molar-refractivity contribution in [1.82, 2.24) is 0 Å². The molecule has 1 amide bonds. The summed E-state index contributed by atoms with van der Waals surface area (Å²) in [5.41, 5.74) is 3.51. The van der Waals surface area contributed by atoms with Crippen molar-refractivity contribution in [2.75, 3.05) is 29.9 Å². The van der Waals surface area contributed by atoms with Crippen molar-refractivity contribution in [3.63, 3.8) is 0 Å². The predicted octanol–water partition coefficient (Wildman–Crippen LogP) is 5.21. The lowest BCUT2D eigenvalue weighted by atomic mass is 10.1. The Kier molecular flexibility index (Phi) is 7.63. The van der Waals surface area contributed by atoms with E-state index in [1.807, 2.05) is 50.2 Å². The molecule has 0 aliphatic heterocycles. The lowest BCUT2D eigenvalue weighted by Gasteiger charge is -2.23. The highest BCUT2D eigenvalue weighted by Crippen LogP contribution is 2.21. The van der Waals surface area contributed by atoms with Gasteiger partial charge in [-0.2, -0.15) is 9.69 Å². The van der Waals surface area contributed by atoms with Crippen LogP contribution in [0.1, 0.15) is 18.1 Å². The van der Waals surface area contributed by atoms with Gasteiger partial charge in [0.05, 0.1) is 6.54 Å². The highest BCUT2D eigenvalue weighted by atomic mass is 16.5. The van der Waals surface area contributed by atoms with Crippen LogP contribution in [-0.4, -0.2) is 25.8 Å². The molecular formula is C22H22N4O2. The first-order valence-corrected chi connectivity index (χ1v) is 8.88. The van der Waals surface area contributed by atoms with E-state index in [2.05, 4.69) is 19.9 Å². The van der Waals surface area contributed by atoms with Crippen LogP contribution in [0.5, 0.6) is 0 Å². The molecule has 28 heavy (non-hydrogen) atoms. The Bertz CT molecular complexity index is 908. The number of aryl methyl sites for hydroxylation is 1. The maximum atomic E-state index is 11.9. The summed E-state index contributed by atoms with van der Waals surface area (Å²) in [6.07, 6.45) is 1.11. The Labute approximate surface area is 165 Å². The third-order valence-corrected chi connectivity index (χ3v) is 4.13. The van der Waals surface area contributed by atoms with E-state index in [1.165, 1.54) is 0 Å². The molecule has 2 aromatic rings. The van der Waals surface area contributed by atoms with Crippen LogP contribution in [0.3, 0.4) is 0 Å². The number of amides is 1. The number of hydrogen-bond donors (Lipinski definition) is 1.